The zero-order valence-corrected chi connectivity index (χ0v) is 10.4. The monoisotopic (exact) mass is 275 g/mol. The van der Waals surface area contributed by atoms with Crippen molar-refractivity contribution in [2.75, 3.05) is 5.32 Å². The van der Waals surface area contributed by atoms with Gasteiger partial charge in [0, 0.05) is 11.8 Å². The van der Waals surface area contributed by atoms with Crippen molar-refractivity contribution >= 4 is 11.6 Å². The SMILES string of the molecule is O=C1Cc2cc(C(O)c3cc(F)cc(F)c3)ccc2N1. The molecule has 0 radical (unpaired) electrons. The van der Waals surface area contributed by atoms with Crippen molar-refractivity contribution in [2.24, 2.45) is 0 Å². The lowest BCUT2D eigenvalue weighted by Crippen LogP contribution is -2.03. The van der Waals surface area contributed by atoms with Crippen molar-refractivity contribution in [3.05, 3.63) is 64.7 Å². The fourth-order valence-corrected chi connectivity index (χ4v) is 2.34. The lowest BCUT2D eigenvalue weighted by Gasteiger charge is -2.13. The van der Waals surface area contributed by atoms with E-state index in [1.165, 1.54) is 0 Å². The molecular formula is C15H11F2NO2. The van der Waals surface area contributed by atoms with E-state index < -0.39 is 17.7 Å². The van der Waals surface area contributed by atoms with Crippen LogP contribution in [0.5, 0.6) is 0 Å². The Morgan fingerprint density at radius 1 is 1.05 bits per heavy atom. The first kappa shape index (κ1) is 12.7. The second-order valence-electron chi connectivity index (χ2n) is 4.75. The van der Waals surface area contributed by atoms with Gasteiger partial charge in [-0.15, -0.1) is 0 Å². The molecule has 1 heterocycles. The van der Waals surface area contributed by atoms with Gasteiger partial charge in [-0.05, 0) is 34.9 Å². The summed E-state index contributed by atoms with van der Waals surface area (Å²) in [4.78, 5) is 11.3. The summed E-state index contributed by atoms with van der Waals surface area (Å²) in [5.41, 5.74) is 2.10. The quantitative estimate of drug-likeness (QED) is 0.885. The summed E-state index contributed by atoms with van der Waals surface area (Å²) >= 11 is 0. The number of carbonyl (C=O) groups is 1. The molecule has 1 aliphatic heterocycles. The standard InChI is InChI=1S/C15H11F2NO2/c16-11-4-10(5-12(17)7-11)15(20)8-1-2-13-9(3-8)6-14(19)18-13/h1-5,7,15,20H,6H2,(H,18,19). The van der Waals surface area contributed by atoms with Crippen molar-refractivity contribution < 1.29 is 18.7 Å². The highest BCUT2D eigenvalue weighted by Gasteiger charge is 2.20. The number of aliphatic hydroxyl groups excluding tert-OH is 1. The van der Waals surface area contributed by atoms with Gasteiger partial charge in [0.25, 0.3) is 0 Å². The molecule has 1 aliphatic rings. The van der Waals surface area contributed by atoms with Crippen LogP contribution in [-0.4, -0.2) is 11.0 Å². The van der Waals surface area contributed by atoms with Gasteiger partial charge in [-0.3, -0.25) is 4.79 Å². The molecule has 102 valence electrons. The smallest absolute Gasteiger partial charge is 0.228 e. The predicted molar refractivity (Wildman–Crippen MR) is 69.2 cm³/mol. The molecule has 0 aromatic heterocycles. The number of nitrogens with one attached hydrogen (secondary N) is 1. The summed E-state index contributed by atoms with van der Waals surface area (Å²) < 4.78 is 26.3. The Morgan fingerprint density at radius 2 is 1.75 bits per heavy atom. The van der Waals surface area contributed by atoms with Gasteiger partial charge in [0.05, 0.1) is 6.42 Å². The van der Waals surface area contributed by atoms with E-state index in [-0.39, 0.29) is 17.9 Å². The van der Waals surface area contributed by atoms with E-state index in [1.807, 2.05) is 0 Å². The van der Waals surface area contributed by atoms with Crippen LogP contribution in [-0.2, 0) is 11.2 Å². The second-order valence-corrected chi connectivity index (χ2v) is 4.75. The molecule has 1 amide bonds. The van der Waals surface area contributed by atoms with Gasteiger partial charge in [-0.1, -0.05) is 12.1 Å². The predicted octanol–water partition coefficient (Wildman–Crippen LogP) is 2.54. The lowest BCUT2D eigenvalue weighted by atomic mass is 9.98. The second kappa shape index (κ2) is 4.68. The number of rotatable bonds is 2. The lowest BCUT2D eigenvalue weighted by molar-refractivity contribution is -0.115. The number of anilines is 1. The molecule has 2 aromatic rings. The van der Waals surface area contributed by atoms with Gasteiger partial charge in [0.2, 0.25) is 5.91 Å². The van der Waals surface area contributed by atoms with E-state index in [4.69, 9.17) is 0 Å². The van der Waals surface area contributed by atoms with Crippen LogP contribution in [0.2, 0.25) is 0 Å². The van der Waals surface area contributed by atoms with Crippen LogP contribution in [0, 0.1) is 11.6 Å². The molecule has 3 rings (SSSR count). The Bertz CT molecular complexity index is 680. The van der Waals surface area contributed by atoms with E-state index in [2.05, 4.69) is 5.32 Å². The van der Waals surface area contributed by atoms with Crippen LogP contribution < -0.4 is 5.32 Å². The van der Waals surface area contributed by atoms with Gasteiger partial charge >= 0.3 is 0 Å². The Kier molecular flexibility index (Phi) is 2.99. The molecular weight excluding hydrogens is 264 g/mol. The molecule has 0 saturated heterocycles. The summed E-state index contributed by atoms with van der Waals surface area (Å²) in [6, 6.07) is 7.89. The minimum absolute atomic E-state index is 0.108. The molecule has 0 aliphatic carbocycles. The molecule has 2 aromatic carbocycles. The number of hydrogen-bond donors (Lipinski definition) is 2. The zero-order valence-electron chi connectivity index (χ0n) is 10.4. The highest BCUT2D eigenvalue weighted by molar-refractivity contribution is 5.99. The normalized spacial score (nSPS) is 14.8. The minimum Gasteiger partial charge on any atom is -0.384 e. The molecule has 0 saturated carbocycles. The van der Waals surface area contributed by atoms with Crippen LogP contribution >= 0.6 is 0 Å². The fourth-order valence-electron chi connectivity index (χ4n) is 2.34. The number of aliphatic hydroxyl groups is 1. The van der Waals surface area contributed by atoms with Crippen LogP contribution in [0.15, 0.2) is 36.4 Å². The Morgan fingerprint density at radius 3 is 2.45 bits per heavy atom. The van der Waals surface area contributed by atoms with Crippen LogP contribution in [0.3, 0.4) is 0 Å². The molecule has 1 unspecified atom stereocenters. The molecule has 0 bridgehead atoms. The Hall–Kier alpha value is -2.27. The average molecular weight is 275 g/mol. The molecule has 0 fully saturated rings. The van der Waals surface area contributed by atoms with Crippen LogP contribution in [0.1, 0.15) is 22.8 Å². The van der Waals surface area contributed by atoms with Gasteiger partial charge in [-0.2, -0.15) is 0 Å². The molecule has 0 spiro atoms. The van der Waals surface area contributed by atoms with E-state index in [0.717, 1.165) is 23.8 Å². The number of carbonyl (C=O) groups excluding carboxylic acids is 1. The van der Waals surface area contributed by atoms with Gasteiger partial charge in [0.1, 0.15) is 17.7 Å². The number of amides is 1. The maximum Gasteiger partial charge on any atom is 0.228 e. The third-order valence-corrected chi connectivity index (χ3v) is 3.27. The summed E-state index contributed by atoms with van der Waals surface area (Å²) in [5, 5.41) is 12.9. The summed E-state index contributed by atoms with van der Waals surface area (Å²) in [7, 11) is 0. The Balaban J connectivity index is 1.97. The van der Waals surface area contributed by atoms with Gasteiger partial charge in [0.15, 0.2) is 0 Å². The largest absolute Gasteiger partial charge is 0.384 e. The van der Waals surface area contributed by atoms with E-state index in [0.29, 0.717) is 11.3 Å². The van der Waals surface area contributed by atoms with Crippen molar-refractivity contribution in [3.63, 3.8) is 0 Å². The van der Waals surface area contributed by atoms with E-state index in [9.17, 15) is 18.7 Å². The van der Waals surface area contributed by atoms with E-state index >= 15 is 0 Å². The maximum atomic E-state index is 13.2. The van der Waals surface area contributed by atoms with E-state index in [1.54, 1.807) is 18.2 Å². The van der Waals surface area contributed by atoms with Crippen molar-refractivity contribution in [1.29, 1.82) is 0 Å². The van der Waals surface area contributed by atoms with Crippen molar-refractivity contribution in [2.45, 2.75) is 12.5 Å². The van der Waals surface area contributed by atoms with Crippen molar-refractivity contribution in [3.8, 4) is 0 Å². The average Bonchev–Trinajstić information content (AvgIpc) is 2.75. The number of halogens is 2. The van der Waals surface area contributed by atoms with Gasteiger partial charge < -0.3 is 10.4 Å². The molecule has 2 N–H and O–H groups in total. The third-order valence-electron chi connectivity index (χ3n) is 3.27. The molecule has 1 atom stereocenters. The zero-order chi connectivity index (χ0) is 14.3. The summed E-state index contributed by atoms with van der Waals surface area (Å²) in [6.07, 6.45) is -0.894. The minimum atomic E-state index is -1.14. The highest BCUT2D eigenvalue weighted by atomic mass is 19.1. The highest BCUT2D eigenvalue weighted by Crippen LogP contribution is 2.29. The number of fused-ring (bicyclic) bond motifs is 1. The summed E-state index contributed by atoms with van der Waals surface area (Å²) in [5.74, 6) is -1.59. The first-order valence-electron chi connectivity index (χ1n) is 6.09. The maximum absolute atomic E-state index is 13.2. The topological polar surface area (TPSA) is 49.3 Å². The van der Waals surface area contributed by atoms with Gasteiger partial charge in [-0.25, -0.2) is 8.78 Å². The Labute approximate surface area is 113 Å². The fraction of sp³-hybridized carbons (Fsp3) is 0.133. The first-order chi connectivity index (χ1) is 9.52. The number of benzene rings is 2. The molecule has 5 heteroatoms. The summed E-state index contributed by atoms with van der Waals surface area (Å²) in [6.45, 7) is 0. The van der Waals surface area contributed by atoms with Crippen LogP contribution in [0.4, 0.5) is 14.5 Å². The van der Waals surface area contributed by atoms with Crippen molar-refractivity contribution in [1.82, 2.24) is 0 Å². The molecule has 20 heavy (non-hydrogen) atoms. The van der Waals surface area contributed by atoms with Crippen LogP contribution in [0.25, 0.3) is 0 Å². The number of hydrogen-bond acceptors (Lipinski definition) is 2. The first-order valence-corrected chi connectivity index (χ1v) is 6.09. The molecule has 3 nitrogen and oxygen atoms in total. The third kappa shape index (κ3) is 2.28.